The van der Waals surface area contributed by atoms with Gasteiger partial charge in [-0.15, -0.1) is 0 Å². The Hall–Kier alpha value is -2.56. The van der Waals surface area contributed by atoms with Gasteiger partial charge in [-0.2, -0.15) is 0 Å². The van der Waals surface area contributed by atoms with Crippen LogP contribution in [-0.4, -0.2) is 16.0 Å². The van der Waals surface area contributed by atoms with Crippen molar-refractivity contribution in [3.63, 3.8) is 0 Å². The van der Waals surface area contributed by atoms with E-state index in [1.54, 1.807) is 12.1 Å². The first-order valence-electron chi connectivity index (χ1n) is 5.79. The summed E-state index contributed by atoms with van der Waals surface area (Å²) < 4.78 is 5.68. The average Bonchev–Trinajstić information content (AvgIpc) is 2.43. The van der Waals surface area contributed by atoms with Gasteiger partial charge in [0, 0.05) is 0 Å². The van der Waals surface area contributed by atoms with Crippen molar-refractivity contribution in [2.75, 3.05) is 0 Å². The number of amidine groups is 1. The molecule has 0 amide bonds. The van der Waals surface area contributed by atoms with E-state index in [1.165, 1.54) is 17.3 Å². The molecule has 2 rings (SSSR count). The zero-order chi connectivity index (χ0) is 13.8. The minimum atomic E-state index is -0.0299. The van der Waals surface area contributed by atoms with E-state index < -0.39 is 0 Å². The highest BCUT2D eigenvalue weighted by Crippen LogP contribution is 2.23. The van der Waals surface area contributed by atoms with Crippen molar-refractivity contribution in [3.8, 4) is 11.5 Å². The predicted octanol–water partition coefficient (Wildman–Crippen LogP) is 2.59. The molecule has 0 saturated carbocycles. The largest absolute Gasteiger partial charge is 0.456 e. The predicted molar refractivity (Wildman–Crippen MR) is 72.7 cm³/mol. The maximum Gasteiger partial charge on any atom is 0.188 e. The van der Waals surface area contributed by atoms with E-state index in [9.17, 15) is 0 Å². The quantitative estimate of drug-likeness (QED) is 0.383. The van der Waals surface area contributed by atoms with E-state index in [0.717, 1.165) is 5.75 Å². The van der Waals surface area contributed by atoms with Crippen LogP contribution < -0.4 is 10.5 Å². The fourth-order valence-electron chi connectivity index (χ4n) is 1.56. The number of aromatic nitrogens is 1. The van der Waals surface area contributed by atoms with Crippen LogP contribution in [0.2, 0.25) is 0 Å². The lowest BCUT2D eigenvalue weighted by atomic mass is 10.1. The first-order valence-corrected chi connectivity index (χ1v) is 5.79. The topological polar surface area (TPSA) is 80.7 Å². The van der Waals surface area contributed by atoms with Gasteiger partial charge in [-0.3, -0.25) is 0 Å². The molecule has 0 aliphatic heterocycles. The van der Waals surface area contributed by atoms with Gasteiger partial charge in [0.25, 0.3) is 0 Å². The minimum absolute atomic E-state index is 0.0299. The number of nitrogens with two attached hydrogens (primary N) is 1. The van der Waals surface area contributed by atoms with Gasteiger partial charge in [0.2, 0.25) is 0 Å². The highest BCUT2D eigenvalue weighted by molar-refractivity contribution is 5.95. The second-order valence-corrected chi connectivity index (χ2v) is 4.21. The van der Waals surface area contributed by atoms with Crippen LogP contribution in [0.3, 0.4) is 0 Å². The molecule has 5 nitrogen and oxygen atoms in total. The van der Waals surface area contributed by atoms with Crippen molar-refractivity contribution in [3.05, 3.63) is 53.3 Å². The summed E-state index contributed by atoms with van der Waals surface area (Å²) in [6.07, 6.45) is 1.53. The van der Waals surface area contributed by atoms with Gasteiger partial charge in [0.05, 0.1) is 6.20 Å². The van der Waals surface area contributed by atoms with Crippen LogP contribution in [0, 0.1) is 13.8 Å². The molecule has 2 aromatic rings. The van der Waals surface area contributed by atoms with Crippen molar-refractivity contribution in [2.45, 2.75) is 13.8 Å². The van der Waals surface area contributed by atoms with Gasteiger partial charge in [0.1, 0.15) is 17.2 Å². The summed E-state index contributed by atoms with van der Waals surface area (Å²) in [6, 6.07) is 9.22. The number of benzene rings is 1. The van der Waals surface area contributed by atoms with E-state index in [2.05, 4.69) is 10.1 Å². The van der Waals surface area contributed by atoms with Gasteiger partial charge in [-0.05, 0) is 49.2 Å². The molecule has 0 radical (unpaired) electrons. The molecule has 98 valence electrons. The highest BCUT2D eigenvalue weighted by atomic mass is 16.5. The monoisotopic (exact) mass is 257 g/mol. The van der Waals surface area contributed by atoms with E-state index in [4.69, 9.17) is 15.7 Å². The van der Waals surface area contributed by atoms with Gasteiger partial charge >= 0.3 is 0 Å². The number of oxime groups is 1. The van der Waals surface area contributed by atoms with Gasteiger partial charge in [0.15, 0.2) is 5.84 Å². The molecular weight excluding hydrogens is 242 g/mol. The normalized spacial score (nSPS) is 11.4. The number of ether oxygens (including phenoxy) is 1. The summed E-state index contributed by atoms with van der Waals surface area (Å²) in [5.74, 6) is 1.32. The van der Waals surface area contributed by atoms with Crippen molar-refractivity contribution in [2.24, 2.45) is 10.9 Å². The Bertz CT molecular complexity index is 607. The molecule has 0 fully saturated rings. The third kappa shape index (κ3) is 3.01. The van der Waals surface area contributed by atoms with Crippen LogP contribution in [0.5, 0.6) is 11.5 Å². The minimum Gasteiger partial charge on any atom is -0.456 e. The van der Waals surface area contributed by atoms with Crippen LogP contribution in [0.4, 0.5) is 0 Å². The number of hydrogen-bond donors (Lipinski definition) is 2. The van der Waals surface area contributed by atoms with Gasteiger partial charge in [-0.1, -0.05) is 11.2 Å². The first kappa shape index (κ1) is 12.9. The van der Waals surface area contributed by atoms with E-state index >= 15 is 0 Å². The average molecular weight is 257 g/mol. The molecular formula is C14H15N3O2. The summed E-state index contributed by atoms with van der Waals surface area (Å²) in [5, 5.41) is 11.4. The summed E-state index contributed by atoms with van der Waals surface area (Å²) >= 11 is 0. The lowest BCUT2D eigenvalue weighted by Crippen LogP contribution is -2.14. The van der Waals surface area contributed by atoms with Crippen molar-refractivity contribution in [1.29, 1.82) is 0 Å². The van der Waals surface area contributed by atoms with Crippen LogP contribution in [0.25, 0.3) is 0 Å². The standard InChI is InChI=1S/C14H15N3O2/c1-9-3-4-11(7-10(9)2)19-12-5-6-13(16-8-12)14(15)17-18/h3-8,18H,1-2H3,(H2,15,17). The third-order valence-electron chi connectivity index (χ3n) is 2.82. The summed E-state index contributed by atoms with van der Waals surface area (Å²) in [4.78, 5) is 4.04. The number of nitrogens with zero attached hydrogens (tertiary/aromatic N) is 2. The summed E-state index contributed by atoms with van der Waals surface area (Å²) in [6.45, 7) is 4.08. The molecule has 3 N–H and O–H groups in total. The van der Waals surface area contributed by atoms with E-state index in [1.807, 2.05) is 32.0 Å². The zero-order valence-corrected chi connectivity index (χ0v) is 10.8. The highest BCUT2D eigenvalue weighted by Gasteiger charge is 2.03. The lowest BCUT2D eigenvalue weighted by molar-refractivity contribution is 0.318. The Balaban J connectivity index is 2.17. The smallest absolute Gasteiger partial charge is 0.188 e. The van der Waals surface area contributed by atoms with Crippen LogP contribution >= 0.6 is 0 Å². The van der Waals surface area contributed by atoms with Crippen molar-refractivity contribution >= 4 is 5.84 Å². The molecule has 1 aromatic carbocycles. The van der Waals surface area contributed by atoms with Crippen LogP contribution in [-0.2, 0) is 0 Å². The zero-order valence-electron chi connectivity index (χ0n) is 10.8. The summed E-state index contributed by atoms with van der Waals surface area (Å²) in [7, 11) is 0. The Kier molecular flexibility index (Phi) is 3.66. The number of pyridine rings is 1. The molecule has 1 heterocycles. The molecule has 0 saturated heterocycles. The van der Waals surface area contributed by atoms with Crippen LogP contribution in [0.15, 0.2) is 41.7 Å². The van der Waals surface area contributed by atoms with Gasteiger partial charge in [-0.25, -0.2) is 4.98 Å². The lowest BCUT2D eigenvalue weighted by Gasteiger charge is -2.08. The van der Waals surface area contributed by atoms with Crippen molar-refractivity contribution < 1.29 is 9.94 Å². The maximum atomic E-state index is 8.54. The maximum absolute atomic E-state index is 8.54. The molecule has 0 unspecified atom stereocenters. The molecule has 0 aliphatic carbocycles. The second kappa shape index (κ2) is 5.39. The Morgan fingerprint density at radius 1 is 1.16 bits per heavy atom. The number of aryl methyl sites for hydroxylation is 2. The van der Waals surface area contributed by atoms with Crippen LogP contribution in [0.1, 0.15) is 16.8 Å². The number of rotatable bonds is 3. The fraction of sp³-hybridized carbons (Fsp3) is 0.143. The first-order chi connectivity index (χ1) is 9.10. The summed E-state index contributed by atoms with van der Waals surface area (Å²) in [5.41, 5.74) is 8.21. The third-order valence-corrected chi connectivity index (χ3v) is 2.82. The Morgan fingerprint density at radius 2 is 1.89 bits per heavy atom. The molecule has 0 bridgehead atoms. The second-order valence-electron chi connectivity index (χ2n) is 4.21. The molecule has 0 spiro atoms. The molecule has 19 heavy (non-hydrogen) atoms. The number of hydrogen-bond acceptors (Lipinski definition) is 4. The molecule has 0 atom stereocenters. The SMILES string of the molecule is Cc1ccc(Oc2ccc(/C(N)=N/O)nc2)cc1C. The fourth-order valence-corrected chi connectivity index (χ4v) is 1.56. The molecule has 5 heteroatoms. The molecule has 0 aliphatic rings. The van der Waals surface area contributed by atoms with Crippen molar-refractivity contribution in [1.82, 2.24) is 4.98 Å². The molecule has 1 aromatic heterocycles. The van der Waals surface area contributed by atoms with E-state index in [0.29, 0.717) is 11.4 Å². The Labute approximate surface area is 111 Å². The van der Waals surface area contributed by atoms with Gasteiger partial charge < -0.3 is 15.7 Å². The Morgan fingerprint density at radius 3 is 2.47 bits per heavy atom. The van der Waals surface area contributed by atoms with E-state index in [-0.39, 0.29) is 5.84 Å².